The monoisotopic (exact) mass is 429 g/mol. The number of anilines is 1. The molecule has 0 bridgehead atoms. The second kappa shape index (κ2) is 10.2. The first-order valence-corrected chi connectivity index (χ1v) is 8.28. The highest BCUT2D eigenvalue weighted by Crippen LogP contribution is 2.14. The number of rotatable bonds is 7. The number of halogens is 2. The molecule has 0 radical (unpaired) electrons. The zero-order valence-electron chi connectivity index (χ0n) is 14.0. The number of carbonyl (C=O) groups is 2. The molecule has 0 aliphatic heterocycles. The standard InChI is InChI=1S/C16H20BrN5O2.ClH/c1-18-15(11-9-20-22(2)10-11)16(24)19-8-7-14(23)21-13-5-3-12(17)4-6-13;/h3-6,9-10,15,18H,7-8H2,1-2H3,(H,19,24)(H,21,23);1H. The fraction of sp³-hybridized carbons (Fsp3) is 0.312. The van der Waals surface area contributed by atoms with Crippen molar-refractivity contribution in [1.29, 1.82) is 0 Å². The number of hydrogen-bond acceptors (Lipinski definition) is 4. The van der Waals surface area contributed by atoms with Crippen molar-refractivity contribution in [2.24, 2.45) is 7.05 Å². The normalized spacial score (nSPS) is 11.3. The molecule has 1 unspecified atom stereocenters. The smallest absolute Gasteiger partial charge is 0.241 e. The molecule has 2 amide bonds. The fourth-order valence-corrected chi connectivity index (χ4v) is 2.46. The Kier molecular flexibility index (Phi) is 8.60. The lowest BCUT2D eigenvalue weighted by Gasteiger charge is -2.14. The molecule has 1 heterocycles. The van der Waals surface area contributed by atoms with Crippen LogP contribution in [0.5, 0.6) is 0 Å². The summed E-state index contributed by atoms with van der Waals surface area (Å²) in [6, 6.07) is 6.82. The first kappa shape index (κ1) is 21.1. The number of likely N-dealkylation sites (N-methyl/N-ethyl adjacent to an activating group) is 1. The Morgan fingerprint density at radius 3 is 2.52 bits per heavy atom. The van der Waals surface area contributed by atoms with Crippen LogP contribution in [0.2, 0.25) is 0 Å². The van der Waals surface area contributed by atoms with E-state index in [4.69, 9.17) is 0 Å². The summed E-state index contributed by atoms with van der Waals surface area (Å²) in [6.45, 7) is 0.264. The van der Waals surface area contributed by atoms with Crippen LogP contribution in [0.4, 0.5) is 5.69 Å². The summed E-state index contributed by atoms with van der Waals surface area (Å²) in [5, 5.41) is 12.5. The summed E-state index contributed by atoms with van der Waals surface area (Å²) in [4.78, 5) is 24.1. The highest BCUT2D eigenvalue weighted by Gasteiger charge is 2.19. The fourth-order valence-electron chi connectivity index (χ4n) is 2.20. The van der Waals surface area contributed by atoms with Crippen molar-refractivity contribution in [3.05, 3.63) is 46.7 Å². The van der Waals surface area contributed by atoms with Gasteiger partial charge in [0.05, 0.1) is 6.20 Å². The van der Waals surface area contributed by atoms with Gasteiger partial charge in [0.1, 0.15) is 6.04 Å². The van der Waals surface area contributed by atoms with Crippen molar-refractivity contribution in [2.75, 3.05) is 18.9 Å². The van der Waals surface area contributed by atoms with Gasteiger partial charge in [0.15, 0.2) is 0 Å². The third-order valence-electron chi connectivity index (χ3n) is 3.39. The molecule has 2 rings (SSSR count). The van der Waals surface area contributed by atoms with Crippen molar-refractivity contribution in [3.8, 4) is 0 Å². The molecule has 0 saturated heterocycles. The molecule has 7 nitrogen and oxygen atoms in total. The number of amides is 2. The van der Waals surface area contributed by atoms with Crippen LogP contribution >= 0.6 is 28.3 Å². The van der Waals surface area contributed by atoms with Gasteiger partial charge in [-0.05, 0) is 31.3 Å². The number of aromatic nitrogens is 2. The zero-order valence-corrected chi connectivity index (χ0v) is 16.4. The lowest BCUT2D eigenvalue weighted by atomic mass is 10.1. The van der Waals surface area contributed by atoms with Gasteiger partial charge in [-0.2, -0.15) is 5.10 Å². The van der Waals surface area contributed by atoms with E-state index in [0.29, 0.717) is 0 Å². The summed E-state index contributed by atoms with van der Waals surface area (Å²) in [5.74, 6) is -0.345. The molecule has 25 heavy (non-hydrogen) atoms. The quantitative estimate of drug-likeness (QED) is 0.627. The number of nitrogens with one attached hydrogen (secondary N) is 3. The van der Waals surface area contributed by atoms with Gasteiger partial charge >= 0.3 is 0 Å². The summed E-state index contributed by atoms with van der Waals surface area (Å²) >= 11 is 3.34. The van der Waals surface area contributed by atoms with Crippen LogP contribution < -0.4 is 16.0 Å². The summed E-state index contributed by atoms with van der Waals surface area (Å²) in [5.41, 5.74) is 1.50. The lowest BCUT2D eigenvalue weighted by molar-refractivity contribution is -0.123. The maximum absolute atomic E-state index is 12.2. The number of carbonyl (C=O) groups excluding carboxylic acids is 2. The van der Waals surface area contributed by atoms with Gasteiger partial charge in [-0.3, -0.25) is 14.3 Å². The van der Waals surface area contributed by atoms with E-state index in [1.165, 1.54) is 0 Å². The Labute approximate surface area is 161 Å². The van der Waals surface area contributed by atoms with Gasteiger partial charge in [0.25, 0.3) is 0 Å². The van der Waals surface area contributed by atoms with Gasteiger partial charge in [-0.15, -0.1) is 12.4 Å². The van der Waals surface area contributed by atoms with Crippen molar-refractivity contribution >= 4 is 45.8 Å². The number of aryl methyl sites for hydroxylation is 1. The molecule has 0 spiro atoms. The molecule has 0 fully saturated rings. The van der Waals surface area contributed by atoms with E-state index < -0.39 is 6.04 Å². The van der Waals surface area contributed by atoms with E-state index in [1.807, 2.05) is 12.1 Å². The second-order valence-corrected chi connectivity index (χ2v) is 6.18. The van der Waals surface area contributed by atoms with Gasteiger partial charge in [-0.25, -0.2) is 0 Å². The molecule has 0 aliphatic rings. The number of benzene rings is 1. The summed E-state index contributed by atoms with van der Waals surface area (Å²) in [7, 11) is 3.50. The highest BCUT2D eigenvalue weighted by atomic mass is 79.9. The van der Waals surface area contributed by atoms with E-state index in [-0.39, 0.29) is 37.2 Å². The molecule has 1 aromatic carbocycles. The topological polar surface area (TPSA) is 88.1 Å². The summed E-state index contributed by atoms with van der Waals surface area (Å²) < 4.78 is 2.58. The maximum atomic E-state index is 12.2. The van der Waals surface area contributed by atoms with E-state index >= 15 is 0 Å². The lowest BCUT2D eigenvalue weighted by Crippen LogP contribution is -2.37. The first-order valence-electron chi connectivity index (χ1n) is 7.48. The van der Waals surface area contributed by atoms with Crippen molar-refractivity contribution in [1.82, 2.24) is 20.4 Å². The molecule has 1 atom stereocenters. The van der Waals surface area contributed by atoms with Crippen molar-refractivity contribution in [2.45, 2.75) is 12.5 Å². The Morgan fingerprint density at radius 1 is 1.28 bits per heavy atom. The van der Waals surface area contributed by atoms with E-state index in [0.717, 1.165) is 15.7 Å². The van der Waals surface area contributed by atoms with Gasteiger partial charge in [-0.1, -0.05) is 15.9 Å². The van der Waals surface area contributed by atoms with Crippen LogP contribution in [-0.4, -0.2) is 35.2 Å². The minimum Gasteiger partial charge on any atom is -0.354 e. The molecule has 0 saturated carbocycles. The summed E-state index contributed by atoms with van der Waals surface area (Å²) in [6.07, 6.45) is 3.62. The minimum absolute atomic E-state index is 0. The molecule has 1 aromatic heterocycles. The highest BCUT2D eigenvalue weighted by molar-refractivity contribution is 9.10. The van der Waals surface area contributed by atoms with E-state index in [2.05, 4.69) is 37.0 Å². The molecule has 136 valence electrons. The van der Waals surface area contributed by atoms with Crippen molar-refractivity contribution < 1.29 is 9.59 Å². The third-order valence-corrected chi connectivity index (χ3v) is 3.92. The molecule has 2 aromatic rings. The Hall–Kier alpha value is -1.90. The maximum Gasteiger partial charge on any atom is 0.241 e. The molecule has 3 N–H and O–H groups in total. The molecule has 0 aliphatic carbocycles. The Balaban J connectivity index is 0.00000312. The van der Waals surface area contributed by atoms with Gasteiger partial charge in [0, 0.05) is 41.9 Å². The predicted octanol–water partition coefficient (Wildman–Crippen LogP) is 2.01. The number of hydrogen-bond donors (Lipinski definition) is 3. The molecular weight excluding hydrogens is 410 g/mol. The van der Waals surface area contributed by atoms with Crippen LogP contribution in [0.15, 0.2) is 41.1 Å². The largest absolute Gasteiger partial charge is 0.354 e. The van der Waals surface area contributed by atoms with Crippen LogP contribution in [0, 0.1) is 0 Å². The minimum atomic E-state index is -0.492. The van der Waals surface area contributed by atoms with Crippen molar-refractivity contribution in [3.63, 3.8) is 0 Å². The zero-order chi connectivity index (χ0) is 17.5. The second-order valence-electron chi connectivity index (χ2n) is 5.27. The van der Waals surface area contributed by atoms with E-state index in [1.54, 1.807) is 43.3 Å². The SMILES string of the molecule is CNC(C(=O)NCCC(=O)Nc1ccc(Br)cc1)c1cnn(C)c1.Cl. The van der Waals surface area contributed by atoms with Gasteiger partial charge < -0.3 is 16.0 Å². The van der Waals surface area contributed by atoms with Gasteiger partial charge in [0.2, 0.25) is 11.8 Å². The third kappa shape index (κ3) is 6.49. The molecule has 9 heteroatoms. The van der Waals surface area contributed by atoms with Crippen LogP contribution in [0.3, 0.4) is 0 Å². The van der Waals surface area contributed by atoms with Crippen LogP contribution in [0.1, 0.15) is 18.0 Å². The molecular formula is C16H21BrClN5O2. The predicted molar refractivity (Wildman–Crippen MR) is 103 cm³/mol. The number of nitrogens with zero attached hydrogens (tertiary/aromatic N) is 2. The van der Waals surface area contributed by atoms with Crippen LogP contribution in [-0.2, 0) is 16.6 Å². The Morgan fingerprint density at radius 2 is 1.96 bits per heavy atom. The van der Waals surface area contributed by atoms with E-state index in [9.17, 15) is 9.59 Å². The first-order chi connectivity index (χ1) is 11.5. The Bertz CT molecular complexity index is 705. The average molecular weight is 431 g/mol. The van der Waals surface area contributed by atoms with Crippen LogP contribution in [0.25, 0.3) is 0 Å². The average Bonchev–Trinajstić information content (AvgIpc) is 2.96.